The lowest BCUT2D eigenvalue weighted by Gasteiger charge is -2.28. The van der Waals surface area contributed by atoms with E-state index in [-0.39, 0.29) is 5.41 Å². The van der Waals surface area contributed by atoms with E-state index in [1.807, 2.05) is 6.07 Å². The van der Waals surface area contributed by atoms with Gasteiger partial charge in [-0.15, -0.1) is 0 Å². The van der Waals surface area contributed by atoms with Gasteiger partial charge in [0, 0.05) is 25.7 Å². The van der Waals surface area contributed by atoms with Crippen LogP contribution >= 0.6 is 0 Å². The highest BCUT2D eigenvalue weighted by atomic mass is 16.5. The zero-order valence-corrected chi connectivity index (χ0v) is 12.1. The van der Waals surface area contributed by atoms with Gasteiger partial charge in [0.15, 0.2) is 0 Å². The van der Waals surface area contributed by atoms with Crippen LogP contribution in [0.2, 0.25) is 0 Å². The Labute approximate surface area is 115 Å². The number of morpholine rings is 1. The summed E-state index contributed by atoms with van der Waals surface area (Å²) in [5, 5.41) is 3.41. The molecule has 1 saturated heterocycles. The summed E-state index contributed by atoms with van der Waals surface area (Å²) in [6.07, 6.45) is 2.77. The highest BCUT2D eigenvalue weighted by Gasteiger charge is 2.16. The molecule has 1 aromatic heterocycles. The zero-order valence-electron chi connectivity index (χ0n) is 12.1. The summed E-state index contributed by atoms with van der Waals surface area (Å²) in [5.41, 5.74) is 0.282. The second kappa shape index (κ2) is 6.19. The third-order valence-electron chi connectivity index (χ3n) is 3.69. The molecule has 0 amide bonds. The van der Waals surface area contributed by atoms with Crippen LogP contribution in [0.25, 0.3) is 0 Å². The quantitative estimate of drug-likeness (QED) is 0.883. The fraction of sp³-hybridized carbons (Fsp3) is 0.714. The van der Waals surface area contributed by atoms with Gasteiger partial charge in [0.05, 0.1) is 13.2 Å². The minimum atomic E-state index is 0.282. The molecule has 1 aromatic rings. The smallest absolute Gasteiger partial charge is 0.134 e. The van der Waals surface area contributed by atoms with Gasteiger partial charge in [-0.1, -0.05) is 20.8 Å². The standard InChI is InChI=1S/C14H24N4O/c1-4-14(2,3)10-15-12-9-13(17-11-16-12)18-5-7-19-8-6-18/h9,11H,4-8,10H2,1-3H3,(H,15,16,17). The van der Waals surface area contributed by atoms with Crippen LogP contribution in [-0.4, -0.2) is 42.8 Å². The molecule has 2 heterocycles. The normalized spacial score (nSPS) is 16.5. The SMILES string of the molecule is CCC(C)(C)CNc1cc(N2CCOCC2)ncn1. The summed E-state index contributed by atoms with van der Waals surface area (Å²) < 4.78 is 5.36. The molecule has 0 unspecified atom stereocenters. The highest BCUT2D eigenvalue weighted by molar-refractivity contribution is 5.48. The van der Waals surface area contributed by atoms with E-state index in [0.29, 0.717) is 0 Å². The van der Waals surface area contributed by atoms with E-state index in [0.717, 1.165) is 50.9 Å². The fourth-order valence-electron chi connectivity index (χ4n) is 1.86. The third kappa shape index (κ3) is 4.06. The minimum absolute atomic E-state index is 0.282. The maximum Gasteiger partial charge on any atom is 0.134 e. The van der Waals surface area contributed by atoms with Crippen LogP contribution in [0, 0.1) is 5.41 Å². The van der Waals surface area contributed by atoms with Crippen LogP contribution in [0.1, 0.15) is 27.2 Å². The first kappa shape index (κ1) is 14.1. The van der Waals surface area contributed by atoms with Crippen molar-refractivity contribution in [2.24, 2.45) is 5.41 Å². The van der Waals surface area contributed by atoms with Crippen molar-refractivity contribution >= 4 is 11.6 Å². The average Bonchev–Trinajstić information content (AvgIpc) is 2.47. The highest BCUT2D eigenvalue weighted by Crippen LogP contribution is 2.21. The summed E-state index contributed by atoms with van der Waals surface area (Å²) in [6, 6.07) is 2.02. The molecule has 0 radical (unpaired) electrons. The first-order valence-corrected chi connectivity index (χ1v) is 6.99. The van der Waals surface area contributed by atoms with Crippen molar-refractivity contribution in [1.29, 1.82) is 0 Å². The summed E-state index contributed by atoms with van der Waals surface area (Å²) in [5.74, 6) is 1.88. The number of hydrogen-bond donors (Lipinski definition) is 1. The molecule has 2 rings (SSSR count). The van der Waals surface area contributed by atoms with Crippen molar-refractivity contribution < 1.29 is 4.74 Å². The van der Waals surface area contributed by atoms with Crippen LogP contribution in [0.4, 0.5) is 11.6 Å². The molecule has 106 valence electrons. The summed E-state index contributed by atoms with van der Waals surface area (Å²) in [4.78, 5) is 10.9. The lowest BCUT2D eigenvalue weighted by atomic mass is 9.90. The Morgan fingerprint density at radius 3 is 2.74 bits per heavy atom. The molecular formula is C14H24N4O. The average molecular weight is 264 g/mol. The maximum absolute atomic E-state index is 5.36. The molecule has 0 aromatic carbocycles. The second-order valence-corrected chi connectivity index (χ2v) is 5.73. The van der Waals surface area contributed by atoms with E-state index < -0.39 is 0 Å². The van der Waals surface area contributed by atoms with Crippen LogP contribution < -0.4 is 10.2 Å². The number of hydrogen-bond acceptors (Lipinski definition) is 5. The molecular weight excluding hydrogens is 240 g/mol. The molecule has 0 saturated carbocycles. The fourth-order valence-corrected chi connectivity index (χ4v) is 1.86. The Bertz CT molecular complexity index is 402. The Balaban J connectivity index is 1.98. The number of anilines is 2. The molecule has 1 fully saturated rings. The minimum Gasteiger partial charge on any atom is -0.378 e. The van der Waals surface area contributed by atoms with Gasteiger partial charge in [0.1, 0.15) is 18.0 Å². The predicted octanol–water partition coefficient (Wildman–Crippen LogP) is 2.16. The first-order chi connectivity index (χ1) is 9.11. The van der Waals surface area contributed by atoms with Crippen molar-refractivity contribution in [3.63, 3.8) is 0 Å². The van der Waals surface area contributed by atoms with Crippen LogP contribution in [-0.2, 0) is 4.74 Å². The molecule has 1 aliphatic rings. The van der Waals surface area contributed by atoms with Gasteiger partial charge in [0.2, 0.25) is 0 Å². The topological polar surface area (TPSA) is 50.3 Å². The number of nitrogens with one attached hydrogen (secondary N) is 1. The predicted molar refractivity (Wildman–Crippen MR) is 77.6 cm³/mol. The lowest BCUT2D eigenvalue weighted by Crippen LogP contribution is -2.36. The van der Waals surface area contributed by atoms with Crippen LogP contribution in [0.15, 0.2) is 12.4 Å². The monoisotopic (exact) mass is 264 g/mol. The molecule has 5 heteroatoms. The maximum atomic E-state index is 5.36. The third-order valence-corrected chi connectivity index (χ3v) is 3.69. The van der Waals surface area contributed by atoms with Crippen molar-refractivity contribution in [3.05, 3.63) is 12.4 Å². The number of nitrogens with zero attached hydrogens (tertiary/aromatic N) is 3. The Morgan fingerprint density at radius 1 is 1.32 bits per heavy atom. The molecule has 1 N–H and O–H groups in total. The molecule has 19 heavy (non-hydrogen) atoms. The first-order valence-electron chi connectivity index (χ1n) is 6.99. The van der Waals surface area contributed by atoms with Crippen molar-refractivity contribution in [1.82, 2.24) is 9.97 Å². The molecule has 0 spiro atoms. The van der Waals surface area contributed by atoms with E-state index in [1.54, 1.807) is 6.33 Å². The summed E-state index contributed by atoms with van der Waals surface area (Å²) in [6.45, 7) is 11.0. The van der Waals surface area contributed by atoms with Gasteiger partial charge in [-0.05, 0) is 11.8 Å². The van der Waals surface area contributed by atoms with Crippen molar-refractivity contribution in [3.8, 4) is 0 Å². The molecule has 0 aliphatic carbocycles. The van der Waals surface area contributed by atoms with E-state index in [1.165, 1.54) is 0 Å². The Kier molecular flexibility index (Phi) is 4.58. The molecule has 0 bridgehead atoms. The van der Waals surface area contributed by atoms with Crippen molar-refractivity contribution in [2.75, 3.05) is 43.1 Å². The second-order valence-electron chi connectivity index (χ2n) is 5.73. The largest absolute Gasteiger partial charge is 0.378 e. The van der Waals surface area contributed by atoms with E-state index in [4.69, 9.17) is 4.74 Å². The van der Waals surface area contributed by atoms with Gasteiger partial charge in [0.25, 0.3) is 0 Å². The van der Waals surface area contributed by atoms with Gasteiger partial charge in [-0.3, -0.25) is 0 Å². The van der Waals surface area contributed by atoms with E-state index in [9.17, 15) is 0 Å². The molecule has 1 aliphatic heterocycles. The Morgan fingerprint density at radius 2 is 2.05 bits per heavy atom. The van der Waals surface area contributed by atoms with Crippen LogP contribution in [0.3, 0.4) is 0 Å². The van der Waals surface area contributed by atoms with Gasteiger partial charge in [-0.25, -0.2) is 9.97 Å². The zero-order chi connectivity index (χ0) is 13.7. The van der Waals surface area contributed by atoms with Gasteiger partial charge in [-0.2, -0.15) is 0 Å². The van der Waals surface area contributed by atoms with Gasteiger partial charge < -0.3 is 15.0 Å². The number of ether oxygens (including phenoxy) is 1. The Hall–Kier alpha value is -1.36. The number of aromatic nitrogens is 2. The molecule has 5 nitrogen and oxygen atoms in total. The summed E-state index contributed by atoms with van der Waals surface area (Å²) >= 11 is 0. The lowest BCUT2D eigenvalue weighted by molar-refractivity contribution is 0.122. The van der Waals surface area contributed by atoms with Crippen LogP contribution in [0.5, 0.6) is 0 Å². The number of rotatable bonds is 5. The van der Waals surface area contributed by atoms with E-state index >= 15 is 0 Å². The molecule has 0 atom stereocenters. The van der Waals surface area contributed by atoms with Gasteiger partial charge >= 0.3 is 0 Å². The summed E-state index contributed by atoms with van der Waals surface area (Å²) in [7, 11) is 0. The van der Waals surface area contributed by atoms with E-state index in [2.05, 4.69) is 41.0 Å². The van der Waals surface area contributed by atoms with Crippen molar-refractivity contribution in [2.45, 2.75) is 27.2 Å².